The second kappa shape index (κ2) is 52.2. The fourth-order valence-corrected chi connectivity index (χ4v) is 15.2. The van der Waals surface area contributed by atoms with Crippen molar-refractivity contribution in [3.05, 3.63) is 0 Å². The zero-order valence-corrected chi connectivity index (χ0v) is 79.5. The lowest BCUT2D eigenvalue weighted by Gasteiger charge is -2.39. The van der Waals surface area contributed by atoms with E-state index in [2.05, 4.69) is 235 Å². The Balaban J connectivity index is 0.000000363. The molecule has 6 atom stereocenters. The molecule has 6 unspecified atom stereocenters. The zero-order valence-electron chi connectivity index (χ0n) is 79.5. The van der Waals surface area contributed by atoms with E-state index < -0.39 is 0 Å². The smallest absolute Gasteiger partial charge is 0.222 e. The molecule has 112 heavy (non-hydrogen) atoms. The minimum atomic E-state index is -0.0323. The summed E-state index contributed by atoms with van der Waals surface area (Å²) in [6.07, 6.45) is 16.3. The van der Waals surface area contributed by atoms with Crippen LogP contribution in [0.1, 0.15) is 291 Å². The molecule has 0 radical (unpaired) electrons. The van der Waals surface area contributed by atoms with E-state index >= 15 is 0 Å². The average Bonchev–Trinajstić information content (AvgIpc) is 1.67. The van der Waals surface area contributed by atoms with Crippen LogP contribution in [0.5, 0.6) is 0 Å². The largest absolute Gasteiger partial charge is 0.381 e. The molecule has 18 heteroatoms. The summed E-state index contributed by atoms with van der Waals surface area (Å²) in [5.74, 6) is 4.93. The highest BCUT2D eigenvalue weighted by Gasteiger charge is 2.42. The van der Waals surface area contributed by atoms with Gasteiger partial charge in [0, 0.05) is 197 Å². The molecular weight excluding hydrogens is 1400 g/mol. The lowest BCUT2D eigenvalue weighted by Crippen LogP contribution is -2.52. The summed E-state index contributed by atoms with van der Waals surface area (Å²) < 4.78 is 57.8. The molecule has 7 rings (SSSR count). The van der Waals surface area contributed by atoms with E-state index in [1.54, 1.807) is 0 Å². The predicted octanol–water partition coefficient (Wildman–Crippen LogP) is 17.9. The van der Waals surface area contributed by atoms with Crippen LogP contribution in [-0.2, 0) is 52.2 Å². The molecule has 0 aromatic carbocycles. The van der Waals surface area contributed by atoms with Crippen molar-refractivity contribution in [3.63, 3.8) is 0 Å². The molecule has 7 aliphatic heterocycles. The van der Waals surface area contributed by atoms with E-state index in [0.717, 1.165) is 234 Å². The van der Waals surface area contributed by atoms with Gasteiger partial charge in [-0.25, -0.2) is 0 Å². The van der Waals surface area contributed by atoms with Crippen LogP contribution < -0.4 is 0 Å². The van der Waals surface area contributed by atoms with Gasteiger partial charge in [0.2, 0.25) is 5.91 Å². The first-order valence-corrected chi connectivity index (χ1v) is 45.6. The highest BCUT2D eigenvalue weighted by atomic mass is 16.5. The molecule has 666 valence electrons. The molecule has 18 nitrogen and oxygen atoms in total. The van der Waals surface area contributed by atoms with Crippen LogP contribution in [0, 0.1) is 57.2 Å². The van der Waals surface area contributed by atoms with Crippen molar-refractivity contribution in [2.45, 2.75) is 331 Å². The monoisotopic (exact) mass is 1590 g/mol. The van der Waals surface area contributed by atoms with Gasteiger partial charge >= 0.3 is 0 Å². The van der Waals surface area contributed by atoms with Gasteiger partial charge in [-0.2, -0.15) is 0 Å². The Morgan fingerprint density at radius 3 is 1.07 bits per heavy atom. The molecule has 1 amide bonds. The molecule has 7 fully saturated rings. The predicted molar refractivity (Wildman–Crippen MR) is 470 cm³/mol. The summed E-state index contributed by atoms with van der Waals surface area (Å²) in [5, 5.41) is 0. The van der Waals surface area contributed by atoms with Crippen molar-refractivity contribution in [1.82, 2.24) is 34.3 Å². The number of hydrogen-bond acceptors (Lipinski definition) is 17. The SMILES string of the molecule is CC(C)(C)CCC(=O)N1CC2CN(CCCOC(C)(C)C)CC2C1.CC(C)(C)CCCOCC1CCN(CCCOC(C)(C)C)C1.CC(C)(C)CCN1CC2CN(CCCOC(C)(C)C)CC2C1.CC(C)(C)COCCCOC1CN(CCCOC(C)(C)C)C1.CC(C)COCCCOC1CCN(CCCOC(C)(C)C)C1. The van der Waals surface area contributed by atoms with Gasteiger partial charge in [0.1, 0.15) is 0 Å². The number of fused-ring (bicyclic) bond motifs is 2. The molecule has 7 heterocycles. The maximum absolute atomic E-state index is 12.4. The molecular formula is C94H189N7O11. The van der Waals surface area contributed by atoms with Crippen molar-refractivity contribution in [2.24, 2.45) is 57.2 Å². The normalized spacial score (nSPS) is 22.4. The Labute approximate surface area is 693 Å². The molecule has 0 bridgehead atoms. The molecule has 0 aromatic rings. The number of rotatable bonds is 42. The van der Waals surface area contributed by atoms with Gasteiger partial charge in [-0.3, -0.25) is 9.69 Å². The summed E-state index contributed by atoms with van der Waals surface area (Å²) in [6, 6.07) is 0. The van der Waals surface area contributed by atoms with Crippen LogP contribution in [0.4, 0.5) is 0 Å². The van der Waals surface area contributed by atoms with Gasteiger partial charge < -0.3 is 76.8 Å². The van der Waals surface area contributed by atoms with Gasteiger partial charge in [-0.15, -0.1) is 0 Å². The number of hydrogen-bond donors (Lipinski definition) is 0. The van der Waals surface area contributed by atoms with Crippen molar-refractivity contribution in [1.29, 1.82) is 0 Å². The summed E-state index contributed by atoms with van der Waals surface area (Å²) in [7, 11) is 0. The van der Waals surface area contributed by atoms with Gasteiger partial charge in [0.15, 0.2) is 0 Å². The third-order valence-electron chi connectivity index (χ3n) is 21.2. The summed E-state index contributed by atoms with van der Waals surface area (Å²) in [5.41, 5.74) is 1.34. The zero-order chi connectivity index (χ0) is 84.0. The number of nitrogens with zero attached hydrogens (tertiary/aromatic N) is 7. The van der Waals surface area contributed by atoms with Crippen LogP contribution >= 0.6 is 0 Å². The minimum absolute atomic E-state index is 0.00552. The van der Waals surface area contributed by atoms with Crippen LogP contribution in [-0.4, -0.2) is 297 Å². The van der Waals surface area contributed by atoms with Crippen LogP contribution in [0.25, 0.3) is 0 Å². The van der Waals surface area contributed by atoms with Crippen molar-refractivity contribution < 1.29 is 52.2 Å². The number of carbonyl (C=O) groups is 1. The van der Waals surface area contributed by atoms with Crippen LogP contribution in [0.3, 0.4) is 0 Å². The fourth-order valence-electron chi connectivity index (χ4n) is 15.2. The van der Waals surface area contributed by atoms with Crippen molar-refractivity contribution in [3.8, 4) is 0 Å². The molecule has 0 aliphatic carbocycles. The maximum atomic E-state index is 12.4. The second-order valence-corrected chi connectivity index (χ2v) is 44.9. The first kappa shape index (κ1) is 105. The highest BCUT2D eigenvalue weighted by Crippen LogP contribution is 2.35. The molecule has 0 spiro atoms. The van der Waals surface area contributed by atoms with Gasteiger partial charge in [-0.1, -0.05) is 96.9 Å². The lowest BCUT2D eigenvalue weighted by molar-refractivity contribution is -0.131. The number of amides is 1. The topological polar surface area (TPSA) is 132 Å². The standard InChI is InChI=1S/C20H38N2O2.C19H38N2O.C19H39NO2.2C18H37NO3/c1-19(2,3)9-8-18(23)22-14-16-12-21(13-17(16)15-22)10-7-11-24-20(4,5)6;1-18(2,3)8-10-21-14-16-12-20(13-17(16)15-21)9-7-11-22-19(4,5)6;1-18(2,3)10-7-13-21-16-17-9-12-20(15-17)11-8-14-22-19(4,5)6;1-17(2,3)15-20-10-8-11-21-16-13-19(14-16)9-7-12-22-18(4,5)6;1-16(2)15-20-11-7-12-21-17-8-10-19(14-17)9-6-13-22-18(3,4)5/h16-17H,7-15H2,1-6H3;16-17H,7-15H2,1-6H3;17H,7-16H2,1-6H3;16H,7-15H2,1-6H3;16-17H,6-15H2,1-5H3. The Bertz CT molecular complexity index is 2340. The third kappa shape index (κ3) is 57.1. The highest BCUT2D eigenvalue weighted by molar-refractivity contribution is 5.76. The van der Waals surface area contributed by atoms with E-state index in [1.165, 1.54) is 84.5 Å². The lowest BCUT2D eigenvalue weighted by atomic mass is 9.90. The minimum Gasteiger partial charge on any atom is -0.381 e. The van der Waals surface area contributed by atoms with Gasteiger partial charge in [0.05, 0.1) is 53.4 Å². The van der Waals surface area contributed by atoms with Gasteiger partial charge in [0.25, 0.3) is 0 Å². The maximum Gasteiger partial charge on any atom is 0.222 e. The van der Waals surface area contributed by atoms with E-state index in [9.17, 15) is 4.79 Å². The molecule has 7 aliphatic rings. The Morgan fingerprint density at radius 1 is 0.321 bits per heavy atom. The van der Waals surface area contributed by atoms with E-state index in [-0.39, 0.29) is 38.8 Å². The van der Waals surface area contributed by atoms with E-state index in [1.807, 2.05) is 0 Å². The summed E-state index contributed by atoms with van der Waals surface area (Å²) in [4.78, 5) is 30.0. The number of ether oxygens (including phenoxy) is 10. The van der Waals surface area contributed by atoms with Gasteiger partial charge in [-0.05, 0) is 258 Å². The van der Waals surface area contributed by atoms with Crippen molar-refractivity contribution >= 4 is 5.91 Å². The van der Waals surface area contributed by atoms with E-state index in [0.29, 0.717) is 53.1 Å². The summed E-state index contributed by atoms with van der Waals surface area (Å²) >= 11 is 0. The number of likely N-dealkylation sites (tertiary alicyclic amines) is 7. The van der Waals surface area contributed by atoms with Crippen LogP contribution in [0.2, 0.25) is 0 Å². The fraction of sp³-hybridized carbons (Fsp3) is 0.989. The first-order valence-electron chi connectivity index (χ1n) is 45.6. The number of carbonyl (C=O) groups excluding carboxylic acids is 1. The summed E-state index contributed by atoms with van der Waals surface area (Å²) in [6.45, 7) is 97.7. The Morgan fingerprint density at radius 2 is 0.670 bits per heavy atom. The first-order chi connectivity index (χ1) is 51.8. The second-order valence-electron chi connectivity index (χ2n) is 44.9. The molecule has 7 saturated heterocycles. The molecule has 0 aromatic heterocycles. The van der Waals surface area contributed by atoms with Crippen LogP contribution in [0.15, 0.2) is 0 Å². The Kier molecular flexibility index (Phi) is 49.0. The molecule has 0 N–H and O–H groups in total. The average molecular weight is 1590 g/mol. The third-order valence-corrected chi connectivity index (χ3v) is 21.2. The molecule has 0 saturated carbocycles. The van der Waals surface area contributed by atoms with Crippen molar-refractivity contribution in [2.75, 3.05) is 217 Å². The van der Waals surface area contributed by atoms with E-state index in [4.69, 9.17) is 47.4 Å². The quantitative estimate of drug-likeness (QED) is 0.0536. The Hall–Kier alpha value is -1.17.